The van der Waals surface area contributed by atoms with Crippen LogP contribution in [0.15, 0.2) is 89.0 Å². The molecule has 8 nitrogen and oxygen atoms in total. The minimum atomic E-state index is -1.04. The van der Waals surface area contributed by atoms with Crippen molar-refractivity contribution in [2.45, 2.75) is 6.42 Å². The van der Waals surface area contributed by atoms with E-state index in [0.29, 0.717) is 23.2 Å². The topological polar surface area (TPSA) is 120 Å². The number of nitrogens with one attached hydrogen (secondary N) is 3. The third-order valence-corrected chi connectivity index (χ3v) is 5.14. The number of aromatic hydroxyl groups is 1. The molecule has 0 radical (unpaired) electrons. The summed E-state index contributed by atoms with van der Waals surface area (Å²) in [6, 6.07) is 18.4. The van der Waals surface area contributed by atoms with Crippen LogP contribution in [0.2, 0.25) is 0 Å². The molecule has 9 heteroatoms. The van der Waals surface area contributed by atoms with Crippen molar-refractivity contribution in [3.05, 3.63) is 101 Å². The summed E-state index contributed by atoms with van der Waals surface area (Å²) in [5.41, 5.74) is 4.04. The van der Waals surface area contributed by atoms with E-state index >= 15 is 0 Å². The Hall–Kier alpha value is -4.24. The first-order valence-electron chi connectivity index (χ1n) is 10.1. The molecule has 3 rings (SSSR count). The fourth-order valence-corrected chi connectivity index (χ4v) is 3.21. The number of carbonyl (C=O) groups is 3. The number of benzene rings is 3. The Kier molecular flexibility index (Phi) is 8.31. The van der Waals surface area contributed by atoms with Crippen molar-refractivity contribution in [3.63, 3.8) is 0 Å². The van der Waals surface area contributed by atoms with Gasteiger partial charge >= 0.3 is 11.8 Å². The van der Waals surface area contributed by atoms with Gasteiger partial charge in [-0.25, -0.2) is 5.43 Å². The predicted molar refractivity (Wildman–Crippen MR) is 135 cm³/mol. The molecule has 4 N–H and O–H groups in total. The number of allylic oxidation sites excluding steroid dienone is 1. The van der Waals surface area contributed by atoms with Gasteiger partial charge < -0.3 is 15.7 Å². The molecule has 0 aromatic heterocycles. The van der Waals surface area contributed by atoms with Crippen LogP contribution in [-0.2, 0) is 16.0 Å². The predicted octanol–water partition coefficient (Wildman–Crippen LogP) is 4.22. The molecule has 0 fully saturated rings. The number of hydrogen-bond acceptors (Lipinski definition) is 5. The van der Waals surface area contributed by atoms with Crippen molar-refractivity contribution < 1.29 is 19.5 Å². The fraction of sp³-hybridized carbons (Fsp3) is 0.0400. The monoisotopic (exact) mass is 520 g/mol. The number of halogens is 1. The third-order valence-electron chi connectivity index (χ3n) is 4.61. The van der Waals surface area contributed by atoms with Crippen molar-refractivity contribution in [2.24, 2.45) is 5.10 Å². The molecule has 0 bridgehead atoms. The molecular weight excluding hydrogens is 500 g/mol. The second kappa shape index (κ2) is 11.6. The zero-order valence-corrected chi connectivity index (χ0v) is 19.5. The molecule has 3 aromatic carbocycles. The lowest BCUT2D eigenvalue weighted by molar-refractivity contribution is -0.136. The molecular formula is C25H21BrN4O4. The quantitative estimate of drug-likeness (QED) is 0.161. The molecule has 34 heavy (non-hydrogen) atoms. The summed E-state index contributed by atoms with van der Waals surface area (Å²) in [7, 11) is 0. The largest absolute Gasteiger partial charge is 0.507 e. The highest BCUT2D eigenvalue weighted by Gasteiger charge is 2.18. The fourth-order valence-electron chi connectivity index (χ4n) is 2.95. The van der Waals surface area contributed by atoms with E-state index in [1.165, 1.54) is 18.3 Å². The van der Waals surface area contributed by atoms with Crippen molar-refractivity contribution >= 4 is 51.2 Å². The lowest BCUT2D eigenvalue weighted by atomic mass is 10.1. The summed E-state index contributed by atoms with van der Waals surface area (Å²) in [5.74, 6) is -2.49. The Labute approximate surface area is 204 Å². The van der Waals surface area contributed by atoms with E-state index < -0.39 is 17.7 Å². The lowest BCUT2D eigenvalue weighted by Gasteiger charge is -2.11. The molecule has 3 amide bonds. The minimum absolute atomic E-state index is 0.00978. The molecule has 0 aliphatic rings. The minimum Gasteiger partial charge on any atom is -0.507 e. The molecule has 0 saturated heterocycles. The summed E-state index contributed by atoms with van der Waals surface area (Å²) in [5, 5.41) is 19.1. The summed E-state index contributed by atoms with van der Waals surface area (Å²) in [6.07, 6.45) is 3.35. The van der Waals surface area contributed by atoms with Crippen molar-refractivity contribution in [2.75, 3.05) is 10.6 Å². The number of phenols is 1. The number of phenolic OH excluding ortho intramolecular Hbond substituents is 1. The number of hydrazone groups is 1. The molecule has 0 saturated carbocycles. The first-order valence-corrected chi connectivity index (χ1v) is 10.9. The van der Waals surface area contributed by atoms with Crippen LogP contribution in [-0.4, -0.2) is 29.0 Å². The summed E-state index contributed by atoms with van der Waals surface area (Å²) in [4.78, 5) is 37.2. The molecule has 3 aromatic rings. The number of rotatable bonds is 7. The van der Waals surface area contributed by atoms with Crippen molar-refractivity contribution in [1.29, 1.82) is 0 Å². The van der Waals surface area contributed by atoms with Gasteiger partial charge in [0.05, 0.1) is 17.5 Å². The molecule has 0 atom stereocenters. The average Bonchev–Trinajstić information content (AvgIpc) is 2.83. The van der Waals surface area contributed by atoms with E-state index in [0.717, 1.165) is 4.47 Å². The number of amides is 3. The van der Waals surface area contributed by atoms with E-state index in [4.69, 9.17) is 0 Å². The maximum absolute atomic E-state index is 12.7. The van der Waals surface area contributed by atoms with Crippen LogP contribution in [0.4, 0.5) is 11.4 Å². The van der Waals surface area contributed by atoms with Crippen molar-refractivity contribution in [1.82, 2.24) is 5.43 Å². The van der Waals surface area contributed by atoms with Gasteiger partial charge in [0.25, 0.3) is 5.91 Å². The van der Waals surface area contributed by atoms with Gasteiger partial charge in [-0.15, -0.1) is 6.58 Å². The number of carbonyl (C=O) groups excluding carboxylic acids is 3. The van der Waals surface area contributed by atoms with Crippen LogP contribution in [0.1, 0.15) is 21.5 Å². The molecule has 0 heterocycles. The van der Waals surface area contributed by atoms with Crippen LogP contribution in [0.25, 0.3) is 0 Å². The van der Waals surface area contributed by atoms with Gasteiger partial charge in [0, 0.05) is 15.7 Å². The summed E-state index contributed by atoms with van der Waals surface area (Å²) in [6.45, 7) is 3.63. The van der Waals surface area contributed by atoms with Crippen LogP contribution < -0.4 is 16.1 Å². The Morgan fingerprint density at radius 1 is 0.941 bits per heavy atom. The number of para-hydroxylation sites is 2. The SMILES string of the molecule is C=CCc1cccc(/C=N/NC(=O)C(=O)Nc2ccccc2C(=O)Nc2ccc(Br)cc2)c1O. The molecule has 0 aliphatic carbocycles. The van der Waals surface area contributed by atoms with E-state index in [9.17, 15) is 19.5 Å². The van der Waals surface area contributed by atoms with Gasteiger partial charge in [-0.1, -0.05) is 46.3 Å². The van der Waals surface area contributed by atoms with Gasteiger partial charge in [0.15, 0.2) is 0 Å². The Morgan fingerprint density at radius 3 is 2.41 bits per heavy atom. The highest BCUT2D eigenvalue weighted by atomic mass is 79.9. The molecule has 172 valence electrons. The number of nitrogens with zero attached hydrogens (tertiary/aromatic N) is 1. The normalized spacial score (nSPS) is 10.5. The standard InChI is InChI=1S/C25H21BrN4O4/c1-2-6-16-7-5-8-17(22(16)31)15-27-30-25(34)24(33)29-21-10-4-3-9-20(21)23(32)28-19-13-11-18(26)12-14-19/h2-5,7-15,31H,1,6H2,(H,28,32)(H,29,33)(H,30,34)/b27-15+. The van der Waals surface area contributed by atoms with E-state index in [2.05, 4.69) is 43.7 Å². The van der Waals surface area contributed by atoms with Crippen molar-refractivity contribution in [3.8, 4) is 5.75 Å². The van der Waals surface area contributed by atoms with Gasteiger partial charge in [0.2, 0.25) is 0 Å². The number of hydrogen-bond donors (Lipinski definition) is 4. The Bertz CT molecular complexity index is 1260. The highest BCUT2D eigenvalue weighted by Crippen LogP contribution is 2.22. The van der Waals surface area contributed by atoms with E-state index in [1.807, 2.05) is 0 Å². The Morgan fingerprint density at radius 2 is 1.68 bits per heavy atom. The maximum Gasteiger partial charge on any atom is 0.329 e. The van der Waals surface area contributed by atoms with Crippen LogP contribution in [0.5, 0.6) is 5.75 Å². The van der Waals surface area contributed by atoms with Crippen LogP contribution in [0.3, 0.4) is 0 Å². The highest BCUT2D eigenvalue weighted by molar-refractivity contribution is 9.10. The maximum atomic E-state index is 12.7. The Balaban J connectivity index is 1.64. The smallest absolute Gasteiger partial charge is 0.329 e. The third kappa shape index (κ3) is 6.39. The second-order valence-electron chi connectivity index (χ2n) is 7.01. The summed E-state index contributed by atoms with van der Waals surface area (Å²) >= 11 is 3.33. The van der Waals surface area contributed by atoms with Crippen LogP contribution in [0, 0.1) is 0 Å². The van der Waals surface area contributed by atoms with Gasteiger partial charge in [0.1, 0.15) is 5.75 Å². The zero-order chi connectivity index (χ0) is 24.5. The number of anilines is 2. The molecule has 0 spiro atoms. The van der Waals surface area contributed by atoms with E-state index in [-0.39, 0.29) is 17.0 Å². The average molecular weight is 521 g/mol. The zero-order valence-electron chi connectivity index (χ0n) is 17.9. The molecule has 0 unspecified atom stereocenters. The molecule has 0 aliphatic heterocycles. The van der Waals surface area contributed by atoms with E-state index in [1.54, 1.807) is 60.7 Å². The van der Waals surface area contributed by atoms with Gasteiger partial charge in [-0.2, -0.15) is 5.10 Å². The van der Waals surface area contributed by atoms with Gasteiger partial charge in [-0.3, -0.25) is 14.4 Å². The summed E-state index contributed by atoms with van der Waals surface area (Å²) < 4.78 is 0.867. The lowest BCUT2D eigenvalue weighted by Crippen LogP contribution is -2.33. The second-order valence-corrected chi connectivity index (χ2v) is 7.92. The first kappa shape index (κ1) is 24.4. The van der Waals surface area contributed by atoms with Crippen LogP contribution >= 0.6 is 15.9 Å². The first-order chi connectivity index (χ1) is 16.4. The van der Waals surface area contributed by atoms with Gasteiger partial charge in [-0.05, 0) is 54.4 Å².